The topological polar surface area (TPSA) is 132 Å². The predicted octanol–water partition coefficient (Wildman–Crippen LogP) is 2.84. The smallest absolute Gasteiger partial charge is 0.345 e. The summed E-state index contributed by atoms with van der Waals surface area (Å²) in [6, 6.07) is 4.45. The predicted molar refractivity (Wildman–Crippen MR) is 105 cm³/mol. The molecular formula is C20H25N3O7. The lowest BCUT2D eigenvalue weighted by molar-refractivity contribution is -0.385. The fourth-order valence-corrected chi connectivity index (χ4v) is 3.49. The van der Waals surface area contributed by atoms with Crippen LogP contribution in [0.15, 0.2) is 12.1 Å². The van der Waals surface area contributed by atoms with Crippen LogP contribution >= 0.6 is 0 Å². The Kier molecular flexibility index (Phi) is 7.58. The summed E-state index contributed by atoms with van der Waals surface area (Å²) in [5.74, 6) is -1.34. The highest BCUT2D eigenvalue weighted by Crippen LogP contribution is 2.35. The van der Waals surface area contributed by atoms with Crippen molar-refractivity contribution >= 4 is 17.6 Å². The van der Waals surface area contributed by atoms with Gasteiger partial charge >= 0.3 is 5.97 Å². The number of benzene rings is 1. The zero-order chi connectivity index (χ0) is 22.3. The van der Waals surface area contributed by atoms with E-state index in [0.717, 1.165) is 31.4 Å². The lowest BCUT2D eigenvalue weighted by Crippen LogP contribution is -2.51. The summed E-state index contributed by atoms with van der Waals surface area (Å²) in [5, 5.41) is 21.0. The number of esters is 1. The number of ether oxygens (including phenoxy) is 3. The Morgan fingerprint density at radius 1 is 1.27 bits per heavy atom. The van der Waals surface area contributed by atoms with Crippen LogP contribution in [0.5, 0.6) is 11.5 Å². The van der Waals surface area contributed by atoms with Gasteiger partial charge in [-0.2, -0.15) is 5.26 Å². The molecular weight excluding hydrogens is 394 g/mol. The fourth-order valence-electron chi connectivity index (χ4n) is 3.49. The van der Waals surface area contributed by atoms with Crippen molar-refractivity contribution in [3.05, 3.63) is 27.8 Å². The number of nitrogens with zero attached hydrogens (tertiary/aromatic N) is 3. The van der Waals surface area contributed by atoms with Gasteiger partial charge in [0.2, 0.25) is 0 Å². The van der Waals surface area contributed by atoms with Crippen molar-refractivity contribution in [2.75, 3.05) is 27.4 Å². The van der Waals surface area contributed by atoms with Crippen molar-refractivity contribution in [2.24, 2.45) is 0 Å². The van der Waals surface area contributed by atoms with Crippen molar-refractivity contribution in [3.8, 4) is 17.6 Å². The number of nitriles is 1. The molecule has 1 aliphatic rings. The molecule has 0 radical (unpaired) electrons. The first-order chi connectivity index (χ1) is 14.3. The van der Waals surface area contributed by atoms with E-state index in [1.807, 2.05) is 0 Å². The molecule has 1 aliphatic carbocycles. The summed E-state index contributed by atoms with van der Waals surface area (Å²) < 4.78 is 15.5. The van der Waals surface area contributed by atoms with Crippen LogP contribution in [0.1, 0.15) is 49.4 Å². The van der Waals surface area contributed by atoms with Gasteiger partial charge in [-0.3, -0.25) is 14.9 Å². The van der Waals surface area contributed by atoms with Crippen molar-refractivity contribution in [1.82, 2.24) is 4.90 Å². The third-order valence-electron chi connectivity index (χ3n) is 5.23. The van der Waals surface area contributed by atoms with E-state index < -0.39 is 34.6 Å². The van der Waals surface area contributed by atoms with Gasteiger partial charge in [0.25, 0.3) is 11.6 Å². The molecule has 30 heavy (non-hydrogen) atoms. The first-order valence-corrected chi connectivity index (χ1v) is 9.64. The first-order valence-electron chi connectivity index (χ1n) is 9.64. The molecule has 0 spiro atoms. The monoisotopic (exact) mass is 419 g/mol. The summed E-state index contributed by atoms with van der Waals surface area (Å²) in [5.41, 5.74) is -1.80. The number of nitro groups is 1. The van der Waals surface area contributed by atoms with Crippen LogP contribution in [0.3, 0.4) is 0 Å². The molecule has 0 N–H and O–H groups in total. The van der Waals surface area contributed by atoms with Crippen molar-refractivity contribution in [1.29, 1.82) is 5.26 Å². The molecule has 0 heterocycles. The summed E-state index contributed by atoms with van der Waals surface area (Å²) in [6.07, 6.45) is 3.79. The zero-order valence-electron chi connectivity index (χ0n) is 17.3. The summed E-state index contributed by atoms with van der Waals surface area (Å²) in [4.78, 5) is 37.0. The van der Waals surface area contributed by atoms with Crippen LogP contribution < -0.4 is 9.47 Å². The molecule has 0 aromatic heterocycles. The molecule has 1 aromatic carbocycles. The molecule has 10 heteroatoms. The number of amides is 1. The molecule has 0 saturated heterocycles. The summed E-state index contributed by atoms with van der Waals surface area (Å²) in [7, 11) is 2.83. The number of hydrogen-bond donors (Lipinski definition) is 0. The van der Waals surface area contributed by atoms with E-state index in [9.17, 15) is 25.0 Å². The van der Waals surface area contributed by atoms with Crippen LogP contribution in [0.4, 0.5) is 5.69 Å². The van der Waals surface area contributed by atoms with Gasteiger partial charge in [-0.15, -0.1) is 0 Å². The highest BCUT2D eigenvalue weighted by atomic mass is 16.6. The van der Waals surface area contributed by atoms with Gasteiger partial charge in [0.05, 0.1) is 30.8 Å². The fraction of sp³-hybridized carbons (Fsp3) is 0.550. The maximum absolute atomic E-state index is 12.5. The van der Waals surface area contributed by atoms with Crippen LogP contribution in [-0.4, -0.2) is 54.6 Å². The highest BCUT2D eigenvalue weighted by Gasteiger charge is 2.39. The molecule has 162 valence electrons. The van der Waals surface area contributed by atoms with E-state index in [-0.39, 0.29) is 23.7 Å². The quantitative estimate of drug-likeness (QED) is 0.357. The third kappa shape index (κ3) is 4.79. The average molecular weight is 419 g/mol. The zero-order valence-corrected chi connectivity index (χ0v) is 17.3. The Morgan fingerprint density at radius 3 is 2.47 bits per heavy atom. The van der Waals surface area contributed by atoms with E-state index in [1.54, 1.807) is 6.92 Å². The van der Waals surface area contributed by atoms with Gasteiger partial charge in [0.15, 0.2) is 18.1 Å². The third-order valence-corrected chi connectivity index (χ3v) is 5.23. The Hall–Kier alpha value is -3.35. The number of methoxy groups -OCH3 is 1. The van der Waals surface area contributed by atoms with Gasteiger partial charge in [0.1, 0.15) is 11.1 Å². The van der Waals surface area contributed by atoms with Crippen LogP contribution in [0, 0.1) is 21.4 Å². The number of carbonyl (C=O) groups is 2. The van der Waals surface area contributed by atoms with Gasteiger partial charge in [-0.05, 0) is 19.8 Å². The van der Waals surface area contributed by atoms with Crippen LogP contribution in [-0.2, 0) is 9.53 Å². The maximum atomic E-state index is 12.5. The van der Waals surface area contributed by atoms with E-state index in [0.29, 0.717) is 12.8 Å². The molecule has 0 bridgehead atoms. The Balaban J connectivity index is 2.19. The van der Waals surface area contributed by atoms with Crippen molar-refractivity contribution in [3.63, 3.8) is 0 Å². The minimum atomic E-state index is -1.04. The van der Waals surface area contributed by atoms with Gasteiger partial charge < -0.3 is 19.1 Å². The Bertz CT molecular complexity index is 857. The maximum Gasteiger partial charge on any atom is 0.345 e. The second kappa shape index (κ2) is 9.91. The highest BCUT2D eigenvalue weighted by molar-refractivity contribution is 5.96. The number of rotatable bonds is 8. The van der Waals surface area contributed by atoms with Gasteiger partial charge in [-0.25, -0.2) is 4.79 Å². The largest absolute Gasteiger partial charge is 0.493 e. The average Bonchev–Trinajstić information content (AvgIpc) is 2.76. The Labute approximate surface area is 174 Å². The molecule has 1 aromatic rings. The molecule has 1 amide bonds. The molecule has 1 fully saturated rings. The normalized spacial score (nSPS) is 14.9. The number of carbonyl (C=O) groups excluding carboxylic acids is 2. The van der Waals surface area contributed by atoms with Crippen LogP contribution in [0.2, 0.25) is 0 Å². The van der Waals surface area contributed by atoms with Crippen LogP contribution in [0.25, 0.3) is 0 Å². The molecule has 10 nitrogen and oxygen atoms in total. The van der Waals surface area contributed by atoms with E-state index >= 15 is 0 Å². The van der Waals surface area contributed by atoms with E-state index in [2.05, 4.69) is 6.07 Å². The lowest BCUT2D eigenvalue weighted by atomic mass is 9.81. The molecule has 0 aliphatic heterocycles. The Morgan fingerprint density at radius 2 is 1.93 bits per heavy atom. The van der Waals surface area contributed by atoms with Crippen molar-refractivity contribution < 1.29 is 28.7 Å². The standard InChI is InChI=1S/C20H25N3O7/c1-4-29-17-10-14(15(23(26)27)11-16(17)28-3)19(25)30-12-18(24)22(2)20(13-21)8-6-5-7-9-20/h10-11H,4-9,12H2,1-3H3. The number of nitro benzene ring substituents is 1. The molecule has 0 unspecified atom stereocenters. The SMILES string of the molecule is CCOc1cc(C(=O)OCC(=O)N(C)C2(C#N)CCCCC2)c([N+](=O)[O-])cc1OC. The molecule has 0 atom stereocenters. The number of hydrogen-bond acceptors (Lipinski definition) is 8. The minimum absolute atomic E-state index is 0.101. The van der Waals surface area contributed by atoms with E-state index in [1.165, 1.54) is 19.1 Å². The van der Waals surface area contributed by atoms with E-state index in [4.69, 9.17) is 14.2 Å². The summed E-state index contributed by atoms with van der Waals surface area (Å²) in [6.45, 7) is 1.33. The minimum Gasteiger partial charge on any atom is -0.493 e. The molecule has 1 saturated carbocycles. The summed E-state index contributed by atoms with van der Waals surface area (Å²) >= 11 is 0. The van der Waals surface area contributed by atoms with Gasteiger partial charge in [-0.1, -0.05) is 19.3 Å². The lowest BCUT2D eigenvalue weighted by Gasteiger charge is -2.38. The second-order valence-corrected chi connectivity index (χ2v) is 6.94. The first kappa shape index (κ1) is 22.9. The van der Waals surface area contributed by atoms with Crippen molar-refractivity contribution in [2.45, 2.75) is 44.6 Å². The molecule has 2 rings (SSSR count). The second-order valence-electron chi connectivity index (χ2n) is 6.94. The van der Waals surface area contributed by atoms with Gasteiger partial charge in [0, 0.05) is 13.1 Å². The number of likely N-dealkylation sites (N-methyl/N-ethyl adjacent to an activating group) is 1.